The van der Waals surface area contributed by atoms with E-state index in [1.165, 1.54) is 0 Å². The molecule has 0 bridgehead atoms. The summed E-state index contributed by atoms with van der Waals surface area (Å²) in [7, 11) is 1.61. The highest BCUT2D eigenvalue weighted by molar-refractivity contribution is 7.80. The average Bonchev–Trinajstić information content (AvgIpc) is 3.31. The Morgan fingerprint density at radius 1 is 1.09 bits per heavy atom. The average molecular weight is 508 g/mol. The number of fused-ring (bicyclic) bond motifs is 2. The molecule has 4 aromatic rings. The third-order valence-corrected chi connectivity index (χ3v) is 6.26. The van der Waals surface area contributed by atoms with E-state index in [4.69, 9.17) is 38.0 Å². The Kier molecular flexibility index (Phi) is 6.48. The molecule has 3 aromatic carbocycles. The molecule has 0 saturated carbocycles. The monoisotopic (exact) mass is 507 g/mol. The van der Waals surface area contributed by atoms with E-state index < -0.39 is 0 Å². The summed E-state index contributed by atoms with van der Waals surface area (Å²) in [5.41, 5.74) is 2.85. The van der Waals surface area contributed by atoms with Crippen LogP contribution in [-0.4, -0.2) is 28.9 Å². The first-order chi connectivity index (χ1) is 17.0. The molecule has 7 nitrogen and oxygen atoms in total. The van der Waals surface area contributed by atoms with E-state index >= 15 is 0 Å². The Morgan fingerprint density at radius 3 is 2.77 bits per heavy atom. The van der Waals surface area contributed by atoms with Crippen LogP contribution in [0.25, 0.3) is 10.9 Å². The molecule has 0 atom stereocenters. The summed E-state index contributed by atoms with van der Waals surface area (Å²) in [5, 5.41) is 5.16. The van der Waals surface area contributed by atoms with Crippen molar-refractivity contribution in [3.63, 3.8) is 0 Å². The number of nitrogens with zero attached hydrogens (tertiary/aromatic N) is 1. The van der Waals surface area contributed by atoms with E-state index in [1.54, 1.807) is 19.2 Å². The predicted octanol–water partition coefficient (Wildman–Crippen LogP) is 5.32. The molecule has 2 N–H and O–H groups in total. The van der Waals surface area contributed by atoms with Gasteiger partial charge < -0.3 is 29.4 Å². The smallest absolute Gasteiger partial charge is 0.253 e. The van der Waals surface area contributed by atoms with Crippen LogP contribution in [-0.2, 0) is 13.1 Å². The molecule has 2 heterocycles. The molecule has 0 radical (unpaired) electrons. The number of aromatic nitrogens is 1. The van der Waals surface area contributed by atoms with Crippen molar-refractivity contribution in [2.75, 3.05) is 19.2 Å². The molecular formula is C26H22ClN3O4S. The van der Waals surface area contributed by atoms with Crippen LogP contribution < -0.4 is 25.1 Å². The normalized spacial score (nSPS) is 11.9. The van der Waals surface area contributed by atoms with Crippen molar-refractivity contribution in [3.05, 3.63) is 93.2 Å². The van der Waals surface area contributed by atoms with Gasteiger partial charge in [0.2, 0.25) is 6.79 Å². The Bertz CT molecular complexity index is 1470. The Labute approximate surface area is 212 Å². The number of halogens is 1. The highest BCUT2D eigenvalue weighted by atomic mass is 35.5. The maximum absolute atomic E-state index is 12.9. The molecule has 1 aliphatic heterocycles. The molecule has 0 amide bonds. The molecular weight excluding hydrogens is 486 g/mol. The van der Waals surface area contributed by atoms with Gasteiger partial charge in [-0.3, -0.25) is 4.79 Å². The van der Waals surface area contributed by atoms with Crippen LogP contribution >= 0.6 is 23.8 Å². The van der Waals surface area contributed by atoms with Gasteiger partial charge in [0.25, 0.3) is 5.56 Å². The van der Waals surface area contributed by atoms with E-state index in [-0.39, 0.29) is 18.9 Å². The van der Waals surface area contributed by atoms with Gasteiger partial charge in [0, 0.05) is 33.7 Å². The molecule has 0 aliphatic carbocycles. The number of aromatic amines is 1. The Balaban J connectivity index is 1.47. The number of benzene rings is 3. The number of rotatable bonds is 6. The zero-order valence-corrected chi connectivity index (χ0v) is 20.4. The summed E-state index contributed by atoms with van der Waals surface area (Å²) in [5.74, 6) is 2.11. The fourth-order valence-corrected chi connectivity index (χ4v) is 4.35. The first-order valence-electron chi connectivity index (χ1n) is 10.9. The van der Waals surface area contributed by atoms with Crippen molar-refractivity contribution in [3.8, 4) is 17.2 Å². The summed E-state index contributed by atoms with van der Waals surface area (Å²) in [6, 6.07) is 20.5. The van der Waals surface area contributed by atoms with Crippen molar-refractivity contribution >= 4 is 45.5 Å². The molecule has 0 unspecified atom stereocenters. The number of thiocarbonyl (C=S) groups is 1. The second-order valence-corrected chi connectivity index (χ2v) is 8.88. The number of H-pyrrole nitrogens is 1. The number of nitrogens with one attached hydrogen (secondary N) is 2. The minimum absolute atomic E-state index is 0.177. The van der Waals surface area contributed by atoms with Crippen molar-refractivity contribution < 1.29 is 14.2 Å². The van der Waals surface area contributed by atoms with Gasteiger partial charge in [0.05, 0.1) is 13.7 Å². The zero-order valence-electron chi connectivity index (χ0n) is 18.8. The first kappa shape index (κ1) is 23.0. The lowest BCUT2D eigenvalue weighted by molar-refractivity contribution is 0.174. The molecule has 0 fully saturated rings. The molecule has 1 aliphatic rings. The van der Waals surface area contributed by atoms with E-state index in [0.29, 0.717) is 39.5 Å². The fourth-order valence-electron chi connectivity index (χ4n) is 3.91. The first-order valence-corrected chi connectivity index (χ1v) is 11.7. The third-order valence-electron chi connectivity index (χ3n) is 5.66. The van der Waals surface area contributed by atoms with Gasteiger partial charge in [-0.1, -0.05) is 23.7 Å². The van der Waals surface area contributed by atoms with Crippen molar-refractivity contribution in [2.24, 2.45) is 0 Å². The molecule has 1 aromatic heterocycles. The van der Waals surface area contributed by atoms with Crippen LogP contribution in [0.5, 0.6) is 17.2 Å². The van der Waals surface area contributed by atoms with Crippen LogP contribution in [0.15, 0.2) is 71.5 Å². The third kappa shape index (κ3) is 5.18. The van der Waals surface area contributed by atoms with Crippen molar-refractivity contribution in [1.82, 2.24) is 9.88 Å². The van der Waals surface area contributed by atoms with E-state index in [1.807, 2.05) is 59.5 Å². The van der Waals surface area contributed by atoms with Crippen LogP contribution in [0, 0.1) is 0 Å². The molecule has 5 rings (SSSR count). The standard InChI is InChI=1S/C26H22ClN3O4S/c1-32-21-6-7-22-17(11-21)10-18(25(31)29-22)14-30(26(35)28-20-4-2-3-19(27)12-20)13-16-5-8-23-24(9-16)34-15-33-23/h2-12H,13-15H2,1H3,(H,28,35)(H,29,31). The van der Waals surface area contributed by atoms with Crippen LogP contribution in [0.1, 0.15) is 11.1 Å². The lowest BCUT2D eigenvalue weighted by Crippen LogP contribution is -2.35. The number of pyridine rings is 1. The number of anilines is 1. The lowest BCUT2D eigenvalue weighted by atomic mass is 10.1. The summed E-state index contributed by atoms with van der Waals surface area (Å²) in [6.45, 7) is 0.926. The van der Waals surface area contributed by atoms with E-state index in [9.17, 15) is 4.79 Å². The van der Waals surface area contributed by atoms with Crippen LogP contribution in [0.2, 0.25) is 5.02 Å². The minimum atomic E-state index is -0.177. The van der Waals surface area contributed by atoms with Gasteiger partial charge in [-0.15, -0.1) is 0 Å². The quantitative estimate of drug-likeness (QED) is 0.342. The molecule has 35 heavy (non-hydrogen) atoms. The van der Waals surface area contributed by atoms with Gasteiger partial charge in [-0.05, 0) is 72.4 Å². The largest absolute Gasteiger partial charge is 0.497 e. The molecule has 178 valence electrons. The van der Waals surface area contributed by atoms with Crippen molar-refractivity contribution in [2.45, 2.75) is 13.1 Å². The van der Waals surface area contributed by atoms with E-state index in [2.05, 4.69) is 10.3 Å². The lowest BCUT2D eigenvalue weighted by Gasteiger charge is -2.26. The maximum Gasteiger partial charge on any atom is 0.253 e. The van der Waals surface area contributed by atoms with E-state index in [0.717, 1.165) is 22.2 Å². The Hall–Kier alpha value is -3.75. The molecule has 0 spiro atoms. The second-order valence-electron chi connectivity index (χ2n) is 8.06. The SMILES string of the molecule is COc1ccc2[nH]c(=O)c(CN(Cc3ccc4c(c3)OCO4)C(=S)Nc3cccc(Cl)c3)cc2c1. The minimum Gasteiger partial charge on any atom is -0.497 e. The highest BCUT2D eigenvalue weighted by Gasteiger charge is 2.18. The van der Waals surface area contributed by atoms with Crippen molar-refractivity contribution in [1.29, 1.82) is 0 Å². The summed E-state index contributed by atoms with van der Waals surface area (Å²) in [6.07, 6.45) is 0. The van der Waals surface area contributed by atoms with Gasteiger partial charge in [-0.25, -0.2) is 0 Å². The molecule has 9 heteroatoms. The number of methoxy groups -OCH3 is 1. The maximum atomic E-state index is 12.9. The summed E-state index contributed by atoms with van der Waals surface area (Å²) >= 11 is 11.9. The number of hydrogen-bond acceptors (Lipinski definition) is 5. The van der Waals surface area contributed by atoms with Gasteiger partial charge >= 0.3 is 0 Å². The van der Waals surface area contributed by atoms with Crippen LogP contribution in [0.4, 0.5) is 5.69 Å². The Morgan fingerprint density at radius 2 is 1.94 bits per heavy atom. The summed E-state index contributed by atoms with van der Waals surface area (Å²) in [4.78, 5) is 17.8. The van der Waals surface area contributed by atoms with Gasteiger partial charge in [-0.2, -0.15) is 0 Å². The second kappa shape index (κ2) is 9.85. The summed E-state index contributed by atoms with van der Waals surface area (Å²) < 4.78 is 16.3. The fraction of sp³-hybridized carbons (Fsp3) is 0.154. The van der Waals surface area contributed by atoms with Crippen LogP contribution in [0.3, 0.4) is 0 Å². The molecule has 0 saturated heterocycles. The number of ether oxygens (including phenoxy) is 3. The topological polar surface area (TPSA) is 75.8 Å². The van der Waals surface area contributed by atoms with Gasteiger partial charge in [0.15, 0.2) is 16.6 Å². The number of hydrogen-bond donors (Lipinski definition) is 2. The predicted molar refractivity (Wildman–Crippen MR) is 141 cm³/mol. The highest BCUT2D eigenvalue weighted by Crippen LogP contribution is 2.33. The zero-order chi connectivity index (χ0) is 24.4. The van der Waals surface area contributed by atoms with Gasteiger partial charge in [0.1, 0.15) is 5.75 Å².